The Morgan fingerprint density at radius 1 is 1.16 bits per heavy atom. The summed E-state index contributed by atoms with van der Waals surface area (Å²) in [5.41, 5.74) is 13.5. The Morgan fingerprint density at radius 3 is 2.59 bits per heavy atom. The van der Waals surface area contributed by atoms with Gasteiger partial charge in [0.1, 0.15) is 17.1 Å². The van der Waals surface area contributed by atoms with Crippen LogP contribution in [0.15, 0.2) is 42.5 Å². The van der Waals surface area contributed by atoms with E-state index in [0.717, 1.165) is 17.7 Å². The van der Waals surface area contributed by atoms with Gasteiger partial charge in [0, 0.05) is 24.8 Å². The van der Waals surface area contributed by atoms with E-state index in [1.807, 2.05) is 6.07 Å². The molecule has 0 atom stereocenters. The van der Waals surface area contributed by atoms with Crippen LogP contribution in [-0.4, -0.2) is 28.1 Å². The van der Waals surface area contributed by atoms with Crippen molar-refractivity contribution in [2.24, 2.45) is 12.8 Å². The van der Waals surface area contributed by atoms with Crippen LogP contribution in [0, 0.1) is 0 Å². The van der Waals surface area contributed by atoms with E-state index in [1.54, 1.807) is 24.1 Å². The summed E-state index contributed by atoms with van der Waals surface area (Å²) in [6.45, 7) is 0.406. The largest absolute Gasteiger partial charge is 0.416 e. The van der Waals surface area contributed by atoms with Gasteiger partial charge in [-0.1, -0.05) is 24.3 Å². The van der Waals surface area contributed by atoms with Crippen molar-refractivity contribution >= 4 is 23.3 Å². The van der Waals surface area contributed by atoms with Gasteiger partial charge in [0.2, 0.25) is 5.91 Å². The Morgan fingerprint density at radius 2 is 1.91 bits per heavy atom. The van der Waals surface area contributed by atoms with Crippen LogP contribution < -0.4 is 16.4 Å². The molecule has 0 radical (unpaired) electrons. The first-order valence-electron chi connectivity index (χ1n) is 9.78. The number of carbonyl (C=O) groups is 2. The first-order valence-corrected chi connectivity index (χ1v) is 9.78. The average Bonchev–Trinajstić information content (AvgIpc) is 3.28. The summed E-state index contributed by atoms with van der Waals surface area (Å²) in [5, 5.41) is 4.28. The maximum absolute atomic E-state index is 12.9. The van der Waals surface area contributed by atoms with Gasteiger partial charge < -0.3 is 16.4 Å². The van der Waals surface area contributed by atoms with Crippen molar-refractivity contribution in [2.75, 3.05) is 17.2 Å². The molecule has 1 aliphatic rings. The number of alkyl halides is 3. The van der Waals surface area contributed by atoms with E-state index in [4.69, 9.17) is 11.5 Å². The normalized spacial score (nSPS) is 13.3. The maximum atomic E-state index is 12.9. The Hall–Kier alpha value is -3.82. The number of primary amides is 1. The minimum Gasteiger partial charge on any atom is -0.383 e. The quantitative estimate of drug-likeness (QED) is 0.647. The first kappa shape index (κ1) is 21.4. The number of nitrogen functional groups attached to an aromatic ring is 1. The molecule has 0 spiro atoms. The van der Waals surface area contributed by atoms with Gasteiger partial charge >= 0.3 is 6.18 Å². The molecule has 0 saturated heterocycles. The molecule has 1 aliphatic heterocycles. The maximum Gasteiger partial charge on any atom is 0.416 e. The molecule has 10 heteroatoms. The van der Waals surface area contributed by atoms with Crippen LogP contribution in [0.3, 0.4) is 0 Å². The summed E-state index contributed by atoms with van der Waals surface area (Å²) in [5.74, 6) is -0.828. The van der Waals surface area contributed by atoms with E-state index in [1.165, 1.54) is 16.8 Å². The van der Waals surface area contributed by atoms with Crippen LogP contribution in [0.4, 0.5) is 24.7 Å². The lowest BCUT2D eigenvalue weighted by atomic mass is 10.0. The van der Waals surface area contributed by atoms with Gasteiger partial charge in [-0.3, -0.25) is 14.3 Å². The summed E-state index contributed by atoms with van der Waals surface area (Å²) in [7, 11) is 1.60. The second kappa shape index (κ2) is 7.70. The number of nitrogens with two attached hydrogens (primary N) is 2. The van der Waals surface area contributed by atoms with Crippen molar-refractivity contribution in [3.63, 3.8) is 0 Å². The molecule has 32 heavy (non-hydrogen) atoms. The van der Waals surface area contributed by atoms with Crippen molar-refractivity contribution < 1.29 is 22.8 Å². The summed E-state index contributed by atoms with van der Waals surface area (Å²) in [6.07, 6.45) is -4.05. The van der Waals surface area contributed by atoms with Gasteiger partial charge in [-0.15, -0.1) is 0 Å². The van der Waals surface area contributed by atoms with Crippen molar-refractivity contribution in [3.8, 4) is 11.3 Å². The van der Waals surface area contributed by atoms with Gasteiger partial charge in [0.25, 0.3) is 5.91 Å². The highest BCUT2D eigenvalue weighted by Crippen LogP contribution is 2.35. The number of carbonyl (C=O) groups excluding carboxylic acids is 2. The molecule has 1 aromatic heterocycles. The van der Waals surface area contributed by atoms with Gasteiger partial charge in [-0.2, -0.15) is 18.3 Å². The minimum atomic E-state index is -4.46. The van der Waals surface area contributed by atoms with E-state index in [-0.39, 0.29) is 23.7 Å². The topological polar surface area (TPSA) is 107 Å². The Labute approximate surface area is 181 Å². The number of rotatable bonds is 4. The zero-order valence-electron chi connectivity index (χ0n) is 17.1. The van der Waals surface area contributed by atoms with Crippen molar-refractivity contribution in [3.05, 3.63) is 64.7 Å². The standard InChI is InChI=1S/C22H20F3N5O2/c1-29-20(26)18(21(27)32)19(28-29)14-5-6-16-13(11-14)7-8-30(16)17(31)10-12-3-2-4-15(9-12)22(23,24)25/h2-6,9,11H,7-8,10,26H2,1H3,(H2,27,32). The van der Waals surface area contributed by atoms with E-state index in [0.29, 0.717) is 35.5 Å². The molecule has 7 nitrogen and oxygen atoms in total. The molecule has 2 amide bonds. The fourth-order valence-corrected chi connectivity index (χ4v) is 3.92. The molecule has 0 saturated carbocycles. The number of anilines is 2. The van der Waals surface area contributed by atoms with Crippen LogP contribution in [-0.2, 0) is 30.9 Å². The molecule has 2 heterocycles. The molecule has 166 valence electrons. The number of nitrogens with zero attached hydrogens (tertiary/aromatic N) is 3. The summed E-state index contributed by atoms with van der Waals surface area (Å²) >= 11 is 0. The Kier molecular flexibility index (Phi) is 5.15. The molecule has 4 N–H and O–H groups in total. The molecular formula is C22H20F3N5O2. The monoisotopic (exact) mass is 443 g/mol. The number of benzene rings is 2. The first-order chi connectivity index (χ1) is 15.1. The number of halogens is 3. The smallest absolute Gasteiger partial charge is 0.383 e. The van der Waals surface area contributed by atoms with Crippen LogP contribution in [0.2, 0.25) is 0 Å². The van der Waals surface area contributed by atoms with Crippen molar-refractivity contribution in [2.45, 2.75) is 19.0 Å². The minimum absolute atomic E-state index is 0.128. The number of hydrogen-bond donors (Lipinski definition) is 2. The molecule has 4 rings (SSSR count). The third kappa shape index (κ3) is 3.79. The number of aryl methyl sites for hydroxylation is 1. The second-order valence-corrected chi connectivity index (χ2v) is 7.61. The Bertz CT molecular complexity index is 1230. The highest BCUT2D eigenvalue weighted by atomic mass is 19.4. The third-order valence-electron chi connectivity index (χ3n) is 5.50. The second-order valence-electron chi connectivity index (χ2n) is 7.61. The number of fused-ring (bicyclic) bond motifs is 1. The van der Waals surface area contributed by atoms with Crippen molar-refractivity contribution in [1.29, 1.82) is 0 Å². The van der Waals surface area contributed by atoms with Gasteiger partial charge in [0.15, 0.2) is 0 Å². The SMILES string of the molecule is Cn1nc(-c2ccc3c(c2)CCN3C(=O)Cc2cccc(C(F)(F)F)c2)c(C(N)=O)c1N. The van der Waals surface area contributed by atoms with E-state index < -0.39 is 17.6 Å². The van der Waals surface area contributed by atoms with Crippen LogP contribution in [0.25, 0.3) is 11.3 Å². The third-order valence-corrected chi connectivity index (χ3v) is 5.50. The average molecular weight is 443 g/mol. The van der Waals surface area contributed by atoms with E-state index in [2.05, 4.69) is 5.10 Å². The summed E-state index contributed by atoms with van der Waals surface area (Å²) in [4.78, 5) is 26.2. The van der Waals surface area contributed by atoms with Gasteiger partial charge in [-0.25, -0.2) is 0 Å². The Balaban J connectivity index is 1.59. The molecular weight excluding hydrogens is 423 g/mol. The highest BCUT2D eigenvalue weighted by molar-refractivity contribution is 6.03. The highest BCUT2D eigenvalue weighted by Gasteiger charge is 2.31. The molecule has 3 aromatic rings. The molecule has 0 unspecified atom stereocenters. The van der Waals surface area contributed by atoms with Crippen molar-refractivity contribution in [1.82, 2.24) is 9.78 Å². The molecule has 0 aliphatic carbocycles. The predicted molar refractivity (Wildman–Crippen MR) is 113 cm³/mol. The fraction of sp³-hybridized carbons (Fsp3) is 0.227. The molecule has 0 bridgehead atoms. The lowest BCUT2D eigenvalue weighted by molar-refractivity contribution is -0.137. The van der Waals surface area contributed by atoms with Crippen LogP contribution >= 0.6 is 0 Å². The predicted octanol–water partition coefficient (Wildman–Crippen LogP) is 2.92. The summed E-state index contributed by atoms with van der Waals surface area (Å²) in [6, 6.07) is 10.0. The molecule has 0 fully saturated rings. The lowest BCUT2D eigenvalue weighted by Crippen LogP contribution is -2.30. The number of aromatic nitrogens is 2. The zero-order chi connectivity index (χ0) is 23.2. The van der Waals surface area contributed by atoms with Gasteiger partial charge in [0.05, 0.1) is 12.0 Å². The molecule has 2 aromatic carbocycles. The zero-order valence-corrected chi connectivity index (χ0v) is 17.1. The lowest BCUT2D eigenvalue weighted by Gasteiger charge is -2.18. The van der Waals surface area contributed by atoms with E-state index >= 15 is 0 Å². The van der Waals surface area contributed by atoms with Gasteiger partial charge in [-0.05, 0) is 35.7 Å². The number of amides is 2. The van der Waals surface area contributed by atoms with Crippen LogP contribution in [0.5, 0.6) is 0 Å². The van der Waals surface area contributed by atoms with Crippen LogP contribution in [0.1, 0.15) is 27.0 Å². The van der Waals surface area contributed by atoms with E-state index in [9.17, 15) is 22.8 Å². The number of hydrogen-bond acceptors (Lipinski definition) is 4. The summed E-state index contributed by atoms with van der Waals surface area (Å²) < 4.78 is 40.2. The fourth-order valence-electron chi connectivity index (χ4n) is 3.92.